The number of nitrogens with zero attached hydrogens (tertiary/aromatic N) is 1. The van der Waals surface area contributed by atoms with Crippen molar-refractivity contribution in [2.75, 3.05) is 20.2 Å². The van der Waals surface area contributed by atoms with Crippen molar-refractivity contribution in [2.45, 2.75) is 85.1 Å². The standard InChI is InChI=1S/C28H43NO3/c1-20-11-16-29(17-12-20)19-24-22(13-18-32-24)8-9-23-21(2)7-10-25-27(23,3)14-6-15-28(25,4)26(30)31-5/h13,18,20,23,25H,2,6-12,14-17,19H2,1,3-5H3/t23-,25-,27+,28+/m0/s1. The zero-order chi connectivity index (χ0) is 22.9. The second-order valence-corrected chi connectivity index (χ2v) is 11.4. The maximum atomic E-state index is 12.8. The molecule has 0 aromatic carbocycles. The molecule has 2 aliphatic carbocycles. The third-order valence-electron chi connectivity index (χ3n) is 9.45. The van der Waals surface area contributed by atoms with E-state index in [1.807, 2.05) is 6.26 Å². The molecule has 0 spiro atoms. The molecule has 0 unspecified atom stereocenters. The van der Waals surface area contributed by atoms with Crippen LogP contribution in [0.3, 0.4) is 0 Å². The number of furan rings is 1. The number of carbonyl (C=O) groups is 1. The van der Waals surface area contributed by atoms with Crippen molar-refractivity contribution < 1.29 is 13.9 Å². The molecule has 4 heteroatoms. The molecular formula is C28H43NO3. The number of carbonyl (C=O) groups excluding carboxylic acids is 1. The van der Waals surface area contributed by atoms with Crippen molar-refractivity contribution in [3.05, 3.63) is 35.8 Å². The summed E-state index contributed by atoms with van der Waals surface area (Å²) in [4.78, 5) is 15.4. The van der Waals surface area contributed by atoms with Crippen molar-refractivity contribution in [1.82, 2.24) is 4.90 Å². The van der Waals surface area contributed by atoms with E-state index < -0.39 is 0 Å². The Balaban J connectivity index is 1.47. The van der Waals surface area contributed by atoms with Crippen LogP contribution in [-0.2, 0) is 22.5 Å². The number of rotatable bonds is 6. The quantitative estimate of drug-likeness (QED) is 0.379. The second-order valence-electron chi connectivity index (χ2n) is 11.4. The molecule has 0 amide bonds. The monoisotopic (exact) mass is 441 g/mol. The van der Waals surface area contributed by atoms with E-state index in [2.05, 4.69) is 38.3 Å². The van der Waals surface area contributed by atoms with Crippen molar-refractivity contribution in [3.8, 4) is 0 Å². The Kier molecular flexibility index (Phi) is 6.91. The van der Waals surface area contributed by atoms with Crippen LogP contribution >= 0.6 is 0 Å². The second kappa shape index (κ2) is 9.37. The van der Waals surface area contributed by atoms with E-state index in [1.54, 1.807) is 7.11 Å². The summed E-state index contributed by atoms with van der Waals surface area (Å²) in [5, 5.41) is 0. The van der Waals surface area contributed by atoms with Gasteiger partial charge in [-0.25, -0.2) is 0 Å². The molecule has 0 radical (unpaired) electrons. The van der Waals surface area contributed by atoms with Gasteiger partial charge in [0.15, 0.2) is 0 Å². The number of aryl methyl sites for hydroxylation is 1. The van der Waals surface area contributed by atoms with Crippen molar-refractivity contribution >= 4 is 5.97 Å². The van der Waals surface area contributed by atoms with Gasteiger partial charge in [0.05, 0.1) is 25.3 Å². The van der Waals surface area contributed by atoms with Gasteiger partial charge in [-0.3, -0.25) is 9.69 Å². The minimum Gasteiger partial charge on any atom is -0.469 e. The highest BCUT2D eigenvalue weighted by molar-refractivity contribution is 5.77. The Morgan fingerprint density at radius 1 is 1.25 bits per heavy atom. The number of allylic oxidation sites excluding steroid dienone is 1. The maximum absolute atomic E-state index is 12.8. The van der Waals surface area contributed by atoms with Crippen LogP contribution in [0.25, 0.3) is 0 Å². The summed E-state index contributed by atoms with van der Waals surface area (Å²) < 4.78 is 11.2. The number of piperidine rings is 1. The summed E-state index contributed by atoms with van der Waals surface area (Å²) >= 11 is 0. The van der Waals surface area contributed by atoms with Crippen molar-refractivity contribution in [3.63, 3.8) is 0 Å². The van der Waals surface area contributed by atoms with Crippen LogP contribution in [0.2, 0.25) is 0 Å². The summed E-state index contributed by atoms with van der Waals surface area (Å²) in [6.07, 6.45) is 11.9. The largest absolute Gasteiger partial charge is 0.469 e. The summed E-state index contributed by atoms with van der Waals surface area (Å²) in [5.74, 6) is 2.79. The van der Waals surface area contributed by atoms with Gasteiger partial charge in [-0.1, -0.05) is 32.4 Å². The molecule has 178 valence electrons. The highest BCUT2D eigenvalue weighted by Gasteiger charge is 2.57. The van der Waals surface area contributed by atoms with Gasteiger partial charge in [-0.2, -0.15) is 0 Å². The van der Waals surface area contributed by atoms with Crippen LogP contribution in [0, 0.1) is 28.6 Å². The van der Waals surface area contributed by atoms with Crippen LogP contribution in [0.5, 0.6) is 0 Å². The van der Waals surface area contributed by atoms with E-state index in [1.165, 1.54) is 43.5 Å². The Morgan fingerprint density at radius 2 is 2.00 bits per heavy atom. The van der Waals surface area contributed by atoms with E-state index in [4.69, 9.17) is 9.15 Å². The number of methoxy groups -OCH3 is 1. The van der Waals surface area contributed by atoms with Crippen LogP contribution in [-0.4, -0.2) is 31.1 Å². The van der Waals surface area contributed by atoms with E-state index in [9.17, 15) is 4.79 Å². The zero-order valence-electron chi connectivity index (χ0n) is 20.8. The van der Waals surface area contributed by atoms with Gasteiger partial charge in [-0.05, 0) is 106 Å². The van der Waals surface area contributed by atoms with Gasteiger partial charge < -0.3 is 9.15 Å². The summed E-state index contributed by atoms with van der Waals surface area (Å²) in [5.41, 5.74) is 2.48. The minimum atomic E-state index is -0.368. The van der Waals surface area contributed by atoms with Gasteiger partial charge in [0.2, 0.25) is 0 Å². The molecule has 32 heavy (non-hydrogen) atoms. The number of esters is 1. The highest BCUT2D eigenvalue weighted by Crippen LogP contribution is 2.62. The molecule has 1 saturated heterocycles. The van der Waals surface area contributed by atoms with Gasteiger partial charge in [0.25, 0.3) is 0 Å². The molecule has 1 aromatic heterocycles. The molecule has 4 atom stereocenters. The predicted molar refractivity (Wildman–Crippen MR) is 128 cm³/mol. The first-order valence-corrected chi connectivity index (χ1v) is 12.8. The number of fused-ring (bicyclic) bond motifs is 1. The van der Waals surface area contributed by atoms with Gasteiger partial charge in [0.1, 0.15) is 5.76 Å². The molecule has 2 heterocycles. The van der Waals surface area contributed by atoms with E-state index in [-0.39, 0.29) is 16.8 Å². The molecule has 4 nitrogen and oxygen atoms in total. The average Bonchev–Trinajstić information content (AvgIpc) is 3.21. The maximum Gasteiger partial charge on any atom is 0.311 e. The Morgan fingerprint density at radius 3 is 2.72 bits per heavy atom. The molecule has 4 rings (SSSR count). The molecule has 2 saturated carbocycles. The number of ether oxygens (including phenoxy) is 1. The summed E-state index contributed by atoms with van der Waals surface area (Å²) in [6.45, 7) is 14.7. The lowest BCUT2D eigenvalue weighted by Gasteiger charge is -2.57. The number of likely N-dealkylation sites (tertiary alicyclic amines) is 1. The molecular weight excluding hydrogens is 398 g/mol. The number of hydrogen-bond acceptors (Lipinski definition) is 4. The van der Waals surface area contributed by atoms with Crippen molar-refractivity contribution in [2.24, 2.45) is 28.6 Å². The Labute approximate surface area is 194 Å². The molecule has 1 aromatic rings. The molecule has 0 bridgehead atoms. The lowest BCUT2D eigenvalue weighted by Crippen LogP contribution is -2.53. The van der Waals surface area contributed by atoms with Gasteiger partial charge in [0, 0.05) is 0 Å². The fraction of sp³-hybridized carbons (Fsp3) is 0.750. The van der Waals surface area contributed by atoms with E-state index in [0.717, 1.165) is 56.7 Å². The predicted octanol–water partition coefficient (Wildman–Crippen LogP) is 6.40. The van der Waals surface area contributed by atoms with Gasteiger partial charge >= 0.3 is 5.97 Å². The fourth-order valence-electron chi connectivity index (χ4n) is 7.41. The lowest BCUT2D eigenvalue weighted by molar-refractivity contribution is -0.168. The number of hydrogen-bond donors (Lipinski definition) is 0. The lowest BCUT2D eigenvalue weighted by atomic mass is 9.46. The first-order valence-electron chi connectivity index (χ1n) is 12.8. The van der Waals surface area contributed by atoms with Crippen LogP contribution in [0.1, 0.15) is 83.5 Å². The normalized spacial score (nSPS) is 34.3. The first kappa shape index (κ1) is 23.6. The van der Waals surface area contributed by atoms with E-state index >= 15 is 0 Å². The summed E-state index contributed by atoms with van der Waals surface area (Å²) in [6, 6.07) is 2.17. The fourth-order valence-corrected chi connectivity index (χ4v) is 7.41. The average molecular weight is 442 g/mol. The van der Waals surface area contributed by atoms with Crippen LogP contribution in [0.4, 0.5) is 0 Å². The topological polar surface area (TPSA) is 42.7 Å². The van der Waals surface area contributed by atoms with Crippen LogP contribution in [0.15, 0.2) is 28.9 Å². The summed E-state index contributed by atoms with van der Waals surface area (Å²) in [7, 11) is 1.54. The molecule has 3 fully saturated rings. The minimum absolute atomic E-state index is 0.0207. The zero-order valence-corrected chi connectivity index (χ0v) is 20.8. The Hall–Kier alpha value is -1.55. The Bertz CT molecular complexity index is 820. The van der Waals surface area contributed by atoms with Gasteiger partial charge in [-0.15, -0.1) is 0 Å². The SMILES string of the molecule is C=C1CC[C@H]2[C@](C)(CCC[C@@]2(C)C(=O)OC)[C@H]1CCc1ccoc1CN1CCC(C)CC1. The van der Waals surface area contributed by atoms with E-state index in [0.29, 0.717) is 11.8 Å². The molecule has 1 aliphatic heterocycles. The van der Waals surface area contributed by atoms with Crippen molar-refractivity contribution in [1.29, 1.82) is 0 Å². The first-order chi connectivity index (χ1) is 15.3. The third-order valence-corrected chi connectivity index (χ3v) is 9.45. The molecule has 3 aliphatic rings. The molecule has 0 N–H and O–H groups in total. The smallest absolute Gasteiger partial charge is 0.311 e. The highest BCUT2D eigenvalue weighted by atomic mass is 16.5. The third kappa shape index (κ3) is 4.32. The van der Waals surface area contributed by atoms with Crippen LogP contribution < -0.4 is 0 Å².